The first-order valence-electron chi connectivity index (χ1n) is 10.8. The molecule has 6 nitrogen and oxygen atoms in total. The van der Waals surface area contributed by atoms with Gasteiger partial charge in [-0.25, -0.2) is 9.97 Å². The summed E-state index contributed by atoms with van der Waals surface area (Å²) in [6, 6.07) is 0. The van der Waals surface area contributed by atoms with Crippen LogP contribution in [0.5, 0.6) is 5.88 Å². The second-order valence-corrected chi connectivity index (χ2v) is 9.10. The summed E-state index contributed by atoms with van der Waals surface area (Å²) in [7, 11) is 0. The second-order valence-electron chi connectivity index (χ2n) is 8.06. The number of nitrogens with zero attached hydrogens (tertiary/aromatic N) is 3. The van der Waals surface area contributed by atoms with Crippen molar-refractivity contribution in [3.05, 3.63) is 42.4 Å². The number of carbonyl (C=O) groups excluding carboxylic acids is 1. The molecule has 0 radical (unpaired) electrons. The van der Waals surface area contributed by atoms with E-state index in [2.05, 4.69) is 29.5 Å². The zero-order valence-electron chi connectivity index (χ0n) is 18.0. The fourth-order valence-corrected chi connectivity index (χ4v) is 5.39. The lowest BCUT2D eigenvalue weighted by atomic mass is 9.66. The van der Waals surface area contributed by atoms with Gasteiger partial charge in [0.2, 0.25) is 5.88 Å². The molecule has 30 heavy (non-hydrogen) atoms. The third kappa shape index (κ3) is 5.12. The maximum atomic E-state index is 12.3. The zero-order chi connectivity index (χ0) is 21.6. The van der Waals surface area contributed by atoms with Crippen LogP contribution < -0.4 is 10.5 Å². The number of ketones is 1. The topological polar surface area (TPSA) is 90.5 Å². The number of hydrogen-bond acceptors (Lipinski definition) is 7. The number of nitrogens with two attached hydrogens (primary N) is 1. The largest absolute Gasteiger partial charge is 0.477 e. The normalized spacial score (nSPS) is 24.7. The Kier molecular flexibility index (Phi) is 7.69. The first-order chi connectivity index (χ1) is 14.5. The van der Waals surface area contributed by atoms with E-state index in [1.807, 2.05) is 13.0 Å². The van der Waals surface area contributed by atoms with Gasteiger partial charge < -0.3 is 10.5 Å². The van der Waals surface area contributed by atoms with Crippen LogP contribution in [0.1, 0.15) is 62.9 Å². The summed E-state index contributed by atoms with van der Waals surface area (Å²) in [5.74, 6) is 2.22. The molecule has 1 unspecified atom stereocenters. The van der Waals surface area contributed by atoms with Crippen molar-refractivity contribution < 1.29 is 9.53 Å². The highest BCUT2D eigenvalue weighted by atomic mass is 32.2. The first-order valence-corrected chi connectivity index (χ1v) is 11.7. The van der Waals surface area contributed by atoms with Crippen LogP contribution in [0.2, 0.25) is 0 Å². The Morgan fingerprint density at radius 1 is 1.40 bits per heavy atom. The smallest absolute Gasteiger partial charge is 0.232 e. The average Bonchev–Trinajstić information content (AvgIpc) is 2.76. The van der Waals surface area contributed by atoms with Crippen LogP contribution in [0.4, 0.5) is 0 Å². The van der Waals surface area contributed by atoms with Crippen LogP contribution in [0.3, 0.4) is 0 Å². The number of Topliss-reactive ketones (excluding diaryl/α,β-unsaturated/α-hetero) is 1. The number of hydrogen-bond donors (Lipinski definition) is 1. The van der Waals surface area contributed by atoms with Crippen molar-refractivity contribution in [3.63, 3.8) is 0 Å². The lowest BCUT2D eigenvalue weighted by Gasteiger charge is -2.46. The number of aromatic nitrogens is 2. The van der Waals surface area contributed by atoms with E-state index in [1.165, 1.54) is 37.2 Å². The molecular formula is C23H32N4O2S. The molecule has 1 aromatic rings. The molecule has 162 valence electrons. The molecule has 3 rings (SSSR count). The molecule has 7 heteroatoms. The predicted molar refractivity (Wildman–Crippen MR) is 123 cm³/mol. The van der Waals surface area contributed by atoms with Gasteiger partial charge in [-0.3, -0.25) is 9.79 Å². The number of carbonyl (C=O) groups is 1. The van der Waals surface area contributed by atoms with Crippen molar-refractivity contribution >= 4 is 22.7 Å². The van der Waals surface area contributed by atoms with E-state index < -0.39 is 0 Å². The molecule has 0 saturated heterocycles. The van der Waals surface area contributed by atoms with E-state index in [1.54, 1.807) is 11.8 Å². The molecule has 2 aliphatic rings. The second kappa shape index (κ2) is 10.2. The van der Waals surface area contributed by atoms with Gasteiger partial charge in [-0.05, 0) is 43.6 Å². The van der Waals surface area contributed by atoms with Gasteiger partial charge in [0.05, 0.1) is 24.5 Å². The highest BCUT2D eigenvalue weighted by Gasteiger charge is 2.46. The molecular weight excluding hydrogens is 396 g/mol. The predicted octanol–water partition coefficient (Wildman–Crippen LogP) is 4.58. The number of thioether (sulfide) groups is 1. The SMILES string of the molecule is C=C(C(C)C/C=C/CC(=O)c1cnc(OCC)cn1)[C@]12CCCC[C@H]1CSC(N)=N2. The maximum Gasteiger partial charge on any atom is 0.232 e. The first kappa shape index (κ1) is 22.5. The maximum absolute atomic E-state index is 12.3. The monoisotopic (exact) mass is 428 g/mol. The molecule has 3 atom stereocenters. The summed E-state index contributed by atoms with van der Waals surface area (Å²) < 4.78 is 5.26. The number of amidine groups is 1. The average molecular weight is 429 g/mol. The van der Waals surface area contributed by atoms with E-state index >= 15 is 0 Å². The Labute approximate surface area is 183 Å². The van der Waals surface area contributed by atoms with Crippen molar-refractivity contribution in [2.45, 2.75) is 57.9 Å². The fourth-order valence-electron chi connectivity index (χ4n) is 4.35. The number of rotatable bonds is 9. The van der Waals surface area contributed by atoms with Gasteiger partial charge in [-0.1, -0.05) is 50.3 Å². The highest BCUT2D eigenvalue weighted by Crippen LogP contribution is 2.48. The Bertz CT molecular complexity index is 821. The minimum absolute atomic E-state index is 0.0547. The van der Waals surface area contributed by atoms with Gasteiger partial charge in [0, 0.05) is 12.2 Å². The molecule has 0 aromatic carbocycles. The minimum atomic E-state index is -0.200. The van der Waals surface area contributed by atoms with Gasteiger partial charge in [-0.2, -0.15) is 0 Å². The molecule has 1 saturated carbocycles. The Balaban J connectivity index is 1.56. The van der Waals surface area contributed by atoms with Crippen LogP contribution in [0, 0.1) is 11.8 Å². The number of fused-ring (bicyclic) bond motifs is 1. The molecule has 0 amide bonds. The molecule has 0 spiro atoms. The summed E-state index contributed by atoms with van der Waals surface area (Å²) in [5, 5.41) is 0.694. The van der Waals surface area contributed by atoms with E-state index in [4.69, 9.17) is 15.5 Å². The number of allylic oxidation sites excluding steroid dienone is 2. The summed E-state index contributed by atoms with van der Waals surface area (Å²) in [4.78, 5) is 25.5. The highest BCUT2D eigenvalue weighted by molar-refractivity contribution is 8.13. The summed E-state index contributed by atoms with van der Waals surface area (Å²) in [6.45, 7) is 9.06. The van der Waals surface area contributed by atoms with Gasteiger partial charge >= 0.3 is 0 Å². The summed E-state index contributed by atoms with van der Waals surface area (Å²) in [5.41, 5.74) is 7.44. The Morgan fingerprint density at radius 2 is 2.23 bits per heavy atom. The van der Waals surface area contributed by atoms with Crippen LogP contribution in [0.15, 0.2) is 41.7 Å². The van der Waals surface area contributed by atoms with Crippen molar-refractivity contribution in [2.75, 3.05) is 12.4 Å². The molecule has 1 aliphatic heterocycles. The third-order valence-corrected chi connectivity index (χ3v) is 7.05. The van der Waals surface area contributed by atoms with Gasteiger partial charge in [-0.15, -0.1) is 0 Å². The number of ether oxygens (including phenoxy) is 1. The third-order valence-electron chi connectivity index (χ3n) is 6.09. The van der Waals surface area contributed by atoms with E-state index in [0.717, 1.165) is 18.6 Å². The fraction of sp³-hybridized carbons (Fsp3) is 0.565. The molecule has 1 fully saturated rings. The van der Waals surface area contributed by atoms with Gasteiger partial charge in [0.15, 0.2) is 11.0 Å². The Morgan fingerprint density at radius 3 is 2.97 bits per heavy atom. The van der Waals surface area contributed by atoms with Crippen LogP contribution in [-0.2, 0) is 0 Å². The molecule has 0 bridgehead atoms. The van der Waals surface area contributed by atoms with Gasteiger partial charge in [0.25, 0.3) is 0 Å². The van der Waals surface area contributed by atoms with Crippen LogP contribution in [-0.4, -0.2) is 38.8 Å². The van der Waals surface area contributed by atoms with Crippen molar-refractivity contribution in [3.8, 4) is 5.88 Å². The molecule has 1 aromatic heterocycles. The van der Waals surface area contributed by atoms with E-state index in [-0.39, 0.29) is 17.2 Å². The van der Waals surface area contributed by atoms with E-state index in [9.17, 15) is 4.79 Å². The van der Waals surface area contributed by atoms with Crippen LogP contribution in [0.25, 0.3) is 0 Å². The molecule has 2 heterocycles. The quantitative estimate of drug-likeness (QED) is 0.457. The zero-order valence-corrected chi connectivity index (χ0v) is 18.8. The molecule has 2 N–H and O–H groups in total. The van der Waals surface area contributed by atoms with Crippen molar-refractivity contribution in [1.29, 1.82) is 0 Å². The van der Waals surface area contributed by atoms with E-state index in [0.29, 0.717) is 35.7 Å². The van der Waals surface area contributed by atoms with Crippen LogP contribution >= 0.6 is 11.8 Å². The summed E-state index contributed by atoms with van der Waals surface area (Å²) in [6.07, 6.45) is 12.7. The standard InChI is InChI=1S/C23H32N4O2S/c1-4-29-21-14-25-19(13-26-21)20(28)11-6-5-9-16(2)17(3)23-12-8-7-10-18(23)15-30-22(24)27-23/h5-6,13-14,16,18H,3-4,7-12,15H2,1-2H3,(H2,24,27)/b6-5+/t16?,18-,23+/m0/s1. The van der Waals surface area contributed by atoms with Crippen molar-refractivity contribution in [2.24, 2.45) is 22.6 Å². The number of aliphatic imine (C=N–C) groups is 1. The molecule has 1 aliphatic carbocycles. The Hall–Kier alpha value is -2.15. The van der Waals surface area contributed by atoms with Gasteiger partial charge in [0.1, 0.15) is 5.69 Å². The summed E-state index contributed by atoms with van der Waals surface area (Å²) >= 11 is 1.67. The lowest BCUT2D eigenvalue weighted by molar-refractivity contribution is 0.0990. The van der Waals surface area contributed by atoms with Crippen molar-refractivity contribution in [1.82, 2.24) is 9.97 Å². The minimum Gasteiger partial charge on any atom is -0.477 e. The lowest BCUT2D eigenvalue weighted by Crippen LogP contribution is -2.47.